The molecule has 11 heavy (non-hydrogen) atoms. The van der Waals surface area contributed by atoms with E-state index < -0.39 is 0 Å². The molecule has 1 heterocycles. The van der Waals surface area contributed by atoms with E-state index in [4.69, 9.17) is 5.73 Å². The number of hydrogen-bond donors (Lipinski definition) is 1. The maximum absolute atomic E-state index is 5.81. The van der Waals surface area contributed by atoms with Crippen molar-refractivity contribution in [3.8, 4) is 0 Å². The molecule has 1 aliphatic rings. The summed E-state index contributed by atoms with van der Waals surface area (Å²) in [6, 6.07) is 0.156. The van der Waals surface area contributed by atoms with Crippen molar-refractivity contribution in [2.75, 3.05) is 0 Å². The molecule has 1 aliphatic heterocycles. The number of rotatable bonds is 1. The Kier molecular flexibility index (Phi) is 2.50. The van der Waals surface area contributed by atoms with Crippen LogP contribution in [-0.2, 0) is 0 Å². The van der Waals surface area contributed by atoms with Crippen molar-refractivity contribution in [3.05, 3.63) is 10.7 Å². The SMILES string of the molecule is C[C@@H](N)C1(C)C=NC(Br)=CC1. The fraction of sp³-hybridized carbons (Fsp3) is 0.625. The van der Waals surface area contributed by atoms with Gasteiger partial charge < -0.3 is 5.73 Å². The number of halogens is 1. The summed E-state index contributed by atoms with van der Waals surface area (Å²) in [5.41, 5.74) is 5.85. The van der Waals surface area contributed by atoms with Crippen molar-refractivity contribution < 1.29 is 0 Å². The first kappa shape index (κ1) is 8.94. The highest BCUT2D eigenvalue weighted by Crippen LogP contribution is 2.29. The minimum absolute atomic E-state index is 0.0390. The minimum atomic E-state index is 0.0390. The number of aliphatic imine (C=N–C) groups is 1. The highest BCUT2D eigenvalue weighted by atomic mass is 79.9. The highest BCUT2D eigenvalue weighted by Gasteiger charge is 2.27. The van der Waals surface area contributed by atoms with Gasteiger partial charge in [0.2, 0.25) is 0 Å². The molecular weight excluding hydrogens is 204 g/mol. The van der Waals surface area contributed by atoms with E-state index in [1.807, 2.05) is 13.1 Å². The van der Waals surface area contributed by atoms with E-state index in [1.54, 1.807) is 0 Å². The molecule has 0 saturated carbocycles. The van der Waals surface area contributed by atoms with Crippen LogP contribution in [0, 0.1) is 5.41 Å². The van der Waals surface area contributed by atoms with Gasteiger partial charge in [-0.15, -0.1) is 0 Å². The molecule has 0 aliphatic carbocycles. The van der Waals surface area contributed by atoms with Gasteiger partial charge in [-0.25, -0.2) is 0 Å². The quantitative estimate of drug-likeness (QED) is 0.670. The molecule has 0 spiro atoms. The number of nitrogens with zero attached hydrogens (tertiary/aromatic N) is 1. The molecule has 1 unspecified atom stereocenters. The Morgan fingerprint density at radius 2 is 2.45 bits per heavy atom. The predicted molar refractivity (Wildman–Crippen MR) is 51.9 cm³/mol. The third-order valence-corrected chi connectivity index (χ3v) is 2.76. The van der Waals surface area contributed by atoms with Gasteiger partial charge in [-0.3, -0.25) is 4.99 Å². The van der Waals surface area contributed by atoms with Crippen LogP contribution in [0.1, 0.15) is 20.3 Å². The number of nitrogens with two attached hydrogens (primary N) is 1. The second-order valence-electron chi connectivity index (χ2n) is 3.28. The smallest absolute Gasteiger partial charge is 0.101 e. The lowest BCUT2D eigenvalue weighted by Gasteiger charge is -2.29. The Morgan fingerprint density at radius 3 is 2.82 bits per heavy atom. The minimum Gasteiger partial charge on any atom is -0.327 e. The highest BCUT2D eigenvalue weighted by molar-refractivity contribution is 9.11. The molecule has 3 heteroatoms. The van der Waals surface area contributed by atoms with E-state index >= 15 is 0 Å². The maximum atomic E-state index is 5.81. The zero-order chi connectivity index (χ0) is 8.48. The van der Waals surface area contributed by atoms with Crippen LogP contribution in [0.15, 0.2) is 15.7 Å². The van der Waals surface area contributed by atoms with Crippen molar-refractivity contribution in [2.24, 2.45) is 16.1 Å². The molecule has 0 aromatic rings. The normalized spacial score (nSPS) is 33.3. The van der Waals surface area contributed by atoms with Crippen LogP contribution >= 0.6 is 15.9 Å². The number of hydrogen-bond acceptors (Lipinski definition) is 2. The second-order valence-corrected chi connectivity index (χ2v) is 4.10. The summed E-state index contributed by atoms with van der Waals surface area (Å²) in [6.07, 6.45) is 4.96. The van der Waals surface area contributed by atoms with E-state index in [2.05, 4.69) is 33.9 Å². The Labute approximate surface area is 75.7 Å². The molecule has 0 fully saturated rings. The molecule has 62 valence electrons. The topological polar surface area (TPSA) is 38.4 Å². The van der Waals surface area contributed by atoms with E-state index in [1.165, 1.54) is 0 Å². The summed E-state index contributed by atoms with van der Waals surface area (Å²) in [7, 11) is 0. The summed E-state index contributed by atoms with van der Waals surface area (Å²) >= 11 is 3.31. The first-order valence-electron chi connectivity index (χ1n) is 3.71. The Balaban J connectivity index is 2.74. The van der Waals surface area contributed by atoms with Crippen LogP contribution in [0.2, 0.25) is 0 Å². The summed E-state index contributed by atoms with van der Waals surface area (Å²) in [4.78, 5) is 4.18. The van der Waals surface area contributed by atoms with Gasteiger partial charge in [-0.05, 0) is 29.3 Å². The van der Waals surface area contributed by atoms with E-state index in [0.29, 0.717) is 0 Å². The van der Waals surface area contributed by atoms with Gasteiger partial charge in [-0.2, -0.15) is 0 Å². The van der Waals surface area contributed by atoms with E-state index in [-0.39, 0.29) is 11.5 Å². The van der Waals surface area contributed by atoms with Gasteiger partial charge in [0, 0.05) is 17.7 Å². The summed E-state index contributed by atoms with van der Waals surface area (Å²) in [6.45, 7) is 4.14. The standard InChI is InChI=1S/C8H13BrN2/c1-6(10)8(2)4-3-7(9)11-5-8/h3,5-6H,4,10H2,1-2H3/t6-,8?/m1/s1. The fourth-order valence-electron chi connectivity index (χ4n) is 0.922. The molecule has 0 amide bonds. The molecule has 2 atom stereocenters. The fourth-order valence-corrected chi connectivity index (χ4v) is 1.19. The molecule has 0 radical (unpaired) electrons. The molecule has 2 N–H and O–H groups in total. The summed E-state index contributed by atoms with van der Waals surface area (Å²) in [5.74, 6) is 0. The zero-order valence-electron chi connectivity index (χ0n) is 6.84. The number of allylic oxidation sites excluding steroid dienone is 1. The zero-order valence-corrected chi connectivity index (χ0v) is 8.43. The van der Waals surface area contributed by atoms with Crippen LogP contribution in [-0.4, -0.2) is 12.3 Å². The van der Waals surface area contributed by atoms with Crippen LogP contribution in [0.3, 0.4) is 0 Å². The van der Waals surface area contributed by atoms with E-state index in [9.17, 15) is 0 Å². The summed E-state index contributed by atoms with van der Waals surface area (Å²) in [5, 5.41) is 0. The molecule has 0 aromatic carbocycles. The summed E-state index contributed by atoms with van der Waals surface area (Å²) < 4.78 is 0.913. The third kappa shape index (κ3) is 1.91. The lowest BCUT2D eigenvalue weighted by Crippen LogP contribution is -2.38. The average Bonchev–Trinajstić information content (AvgIpc) is 1.95. The Morgan fingerprint density at radius 1 is 1.82 bits per heavy atom. The van der Waals surface area contributed by atoms with Gasteiger partial charge in [0.05, 0.1) is 0 Å². The van der Waals surface area contributed by atoms with Crippen molar-refractivity contribution >= 4 is 22.1 Å². The molecule has 0 aromatic heterocycles. The second kappa shape index (κ2) is 3.07. The van der Waals surface area contributed by atoms with E-state index in [0.717, 1.165) is 11.0 Å². The van der Waals surface area contributed by atoms with Crippen LogP contribution in [0.25, 0.3) is 0 Å². The first-order valence-corrected chi connectivity index (χ1v) is 4.50. The predicted octanol–water partition coefficient (Wildman–Crippen LogP) is 2.05. The molecular formula is C8H13BrN2. The average molecular weight is 217 g/mol. The van der Waals surface area contributed by atoms with Crippen LogP contribution in [0.4, 0.5) is 0 Å². The lowest BCUT2D eigenvalue weighted by atomic mass is 9.81. The van der Waals surface area contributed by atoms with Crippen LogP contribution in [0.5, 0.6) is 0 Å². The van der Waals surface area contributed by atoms with Gasteiger partial charge in [-0.1, -0.05) is 13.0 Å². The van der Waals surface area contributed by atoms with Crippen LogP contribution < -0.4 is 5.73 Å². The van der Waals surface area contributed by atoms with Gasteiger partial charge in [0.15, 0.2) is 0 Å². The van der Waals surface area contributed by atoms with Crippen molar-refractivity contribution in [2.45, 2.75) is 26.3 Å². The molecule has 0 bridgehead atoms. The largest absolute Gasteiger partial charge is 0.327 e. The molecule has 1 rings (SSSR count). The maximum Gasteiger partial charge on any atom is 0.101 e. The lowest BCUT2D eigenvalue weighted by molar-refractivity contribution is 0.397. The molecule has 2 nitrogen and oxygen atoms in total. The van der Waals surface area contributed by atoms with Gasteiger partial charge in [0.1, 0.15) is 4.61 Å². The Hall–Kier alpha value is -0.150. The monoisotopic (exact) mass is 216 g/mol. The van der Waals surface area contributed by atoms with Crippen molar-refractivity contribution in [3.63, 3.8) is 0 Å². The third-order valence-electron chi connectivity index (χ3n) is 2.23. The molecule has 0 saturated heterocycles. The van der Waals surface area contributed by atoms with Crippen molar-refractivity contribution in [1.29, 1.82) is 0 Å². The van der Waals surface area contributed by atoms with Crippen molar-refractivity contribution in [1.82, 2.24) is 0 Å². The Bertz CT molecular complexity index is 208. The van der Waals surface area contributed by atoms with Gasteiger partial charge in [0.25, 0.3) is 0 Å². The van der Waals surface area contributed by atoms with Gasteiger partial charge >= 0.3 is 0 Å². The first-order chi connectivity index (χ1) is 5.04.